The van der Waals surface area contributed by atoms with Crippen LogP contribution in [0.15, 0.2) is 103 Å². The molecule has 0 amide bonds. The maximum Gasteiger partial charge on any atom is 0.494 e. The molecular formula is C32H29BO2. The van der Waals surface area contributed by atoms with Gasteiger partial charge in [0.15, 0.2) is 0 Å². The van der Waals surface area contributed by atoms with E-state index in [1.807, 2.05) is 0 Å². The smallest absolute Gasteiger partial charge is 0.399 e. The van der Waals surface area contributed by atoms with Gasteiger partial charge in [0.2, 0.25) is 0 Å². The van der Waals surface area contributed by atoms with Crippen molar-refractivity contribution in [2.45, 2.75) is 38.9 Å². The zero-order valence-corrected chi connectivity index (χ0v) is 19.5. The maximum atomic E-state index is 9.17. The van der Waals surface area contributed by atoms with Crippen molar-refractivity contribution in [3.8, 4) is 22.3 Å². The molecule has 5 aromatic rings. The lowest BCUT2D eigenvalue weighted by molar-refractivity contribution is 0.00578. The normalized spacial score (nSPS) is 23.1. The van der Waals surface area contributed by atoms with E-state index in [9.17, 15) is 0 Å². The molecule has 0 aromatic heterocycles. The number of benzene rings is 5. The van der Waals surface area contributed by atoms with Gasteiger partial charge in [0, 0.05) is 0 Å². The van der Waals surface area contributed by atoms with Gasteiger partial charge in [0.05, 0.1) is 33.1 Å². The Balaban J connectivity index is 1.71. The second-order valence-electron chi connectivity index (χ2n) is 9.23. The van der Waals surface area contributed by atoms with Gasteiger partial charge < -0.3 is 9.31 Å². The maximum absolute atomic E-state index is 9.17. The lowest BCUT2D eigenvalue weighted by Gasteiger charge is -2.32. The van der Waals surface area contributed by atoms with Gasteiger partial charge in [-0.05, 0) is 89.0 Å². The van der Waals surface area contributed by atoms with Crippen LogP contribution in [-0.4, -0.2) is 18.3 Å². The Morgan fingerprint density at radius 3 is 2.00 bits per heavy atom. The molecule has 6 rings (SSSR count). The Bertz CT molecular complexity index is 2390. The lowest BCUT2D eigenvalue weighted by Crippen LogP contribution is -2.41. The summed E-state index contributed by atoms with van der Waals surface area (Å²) < 4.78 is 151. The van der Waals surface area contributed by atoms with Crippen molar-refractivity contribution in [2.24, 2.45) is 0 Å². The Morgan fingerprint density at radius 1 is 0.600 bits per heavy atom. The van der Waals surface area contributed by atoms with E-state index in [1.54, 1.807) is 27.7 Å². The summed E-state index contributed by atoms with van der Waals surface area (Å²) >= 11 is 0. The average molecular weight is 472 g/mol. The highest BCUT2D eigenvalue weighted by Gasteiger charge is 2.51. The van der Waals surface area contributed by atoms with E-state index in [-0.39, 0.29) is 22.6 Å². The molecule has 1 heterocycles. The fraction of sp³-hybridized carbons (Fsp3) is 0.188. The van der Waals surface area contributed by atoms with Crippen LogP contribution in [0, 0.1) is 0 Å². The zero-order chi connectivity index (χ0) is 38.1. The first-order valence-corrected chi connectivity index (χ1v) is 11.0. The largest absolute Gasteiger partial charge is 0.494 e. The van der Waals surface area contributed by atoms with Crippen LogP contribution >= 0.6 is 0 Å². The minimum Gasteiger partial charge on any atom is -0.399 e. The SMILES string of the molecule is [2H]c1c(B2OC(C)(C)C(C)(C)O2)cc(-c2c([2H])c([2H])c3c([2H])c(-c4c([2H])c([2H])c([2H])c5c([2H])c([2H])c([2H])c([2H])c45)c([2H])c([2H])c3c2[2H])c([2H])c1[2H]. The van der Waals surface area contributed by atoms with Crippen LogP contribution in [0.2, 0.25) is 0 Å². The van der Waals surface area contributed by atoms with Crippen LogP contribution in [0.5, 0.6) is 0 Å². The average Bonchev–Trinajstić information content (AvgIpc) is 3.28. The van der Waals surface area contributed by atoms with E-state index >= 15 is 0 Å². The monoisotopic (exact) mass is 472 g/mol. The Labute approximate surface area is 230 Å². The fourth-order valence-corrected chi connectivity index (χ4v) is 3.76. The van der Waals surface area contributed by atoms with Crippen LogP contribution in [-0.2, 0) is 9.31 Å². The molecule has 3 heteroatoms. The quantitative estimate of drug-likeness (QED) is 0.251. The molecule has 0 spiro atoms. The molecule has 0 aliphatic carbocycles. The molecule has 35 heavy (non-hydrogen) atoms. The van der Waals surface area contributed by atoms with E-state index in [0.717, 1.165) is 0 Å². The van der Waals surface area contributed by atoms with E-state index in [0.29, 0.717) is 0 Å². The number of hydrogen-bond acceptors (Lipinski definition) is 2. The number of rotatable bonds is 3. The molecule has 1 fully saturated rings. The van der Waals surface area contributed by atoms with Gasteiger partial charge in [-0.25, -0.2) is 0 Å². The van der Waals surface area contributed by atoms with Crippen LogP contribution < -0.4 is 5.46 Å². The molecule has 1 aliphatic heterocycles. The highest BCUT2D eigenvalue weighted by atomic mass is 16.7. The minimum absolute atomic E-state index is 0.0299. The molecule has 5 aromatic carbocycles. The molecule has 0 saturated carbocycles. The predicted octanol–water partition coefficient (Wildman–Crippen LogP) is 7.63. The Kier molecular flexibility index (Phi) is 2.47. The third-order valence-electron chi connectivity index (χ3n) is 6.42. The first-order chi connectivity index (χ1) is 23.5. The summed E-state index contributed by atoms with van der Waals surface area (Å²) in [6, 6.07) is -9.55. The van der Waals surface area contributed by atoms with Gasteiger partial charge in [-0.1, -0.05) is 90.7 Å². The molecule has 1 saturated heterocycles. The number of hydrogen-bond donors (Lipinski definition) is 0. The first-order valence-electron chi connectivity index (χ1n) is 19.0. The zero-order valence-electron chi connectivity index (χ0n) is 35.5. The van der Waals surface area contributed by atoms with Crippen LogP contribution in [0.1, 0.15) is 49.6 Å². The van der Waals surface area contributed by atoms with Crippen LogP contribution in [0.25, 0.3) is 43.8 Å². The highest BCUT2D eigenvalue weighted by Crippen LogP contribution is 2.37. The Hall–Kier alpha value is -3.40. The van der Waals surface area contributed by atoms with E-state index < -0.39 is 142 Å². The van der Waals surface area contributed by atoms with E-state index in [4.69, 9.17) is 31.2 Å². The fourth-order valence-electron chi connectivity index (χ4n) is 3.76. The first kappa shape index (κ1) is 10.7. The highest BCUT2D eigenvalue weighted by molar-refractivity contribution is 6.62. The van der Waals surface area contributed by atoms with Crippen LogP contribution in [0.3, 0.4) is 0 Å². The standard InChI is InChI=1S/C32H29BO2/c1-31(2)32(3,4)35-33(34-31)28-12-7-11-23(21-28)24-15-16-26-20-27(18-17-25(26)19-24)30-14-8-10-22-9-5-6-13-29(22)30/h5-21H,1-4H3/i5D,6D,7D,8D,9D,10D,11D,12D,13D,14D,15D,16D,17D,18D,19D,20D. The van der Waals surface area contributed by atoms with E-state index in [2.05, 4.69) is 0 Å². The molecule has 2 nitrogen and oxygen atoms in total. The van der Waals surface area contributed by atoms with Gasteiger partial charge in [0.25, 0.3) is 0 Å². The molecular weight excluding hydrogens is 427 g/mol. The summed E-state index contributed by atoms with van der Waals surface area (Å²) in [6.07, 6.45) is 0. The summed E-state index contributed by atoms with van der Waals surface area (Å²) in [5.41, 5.74) is -3.30. The molecule has 0 atom stereocenters. The molecule has 0 N–H and O–H groups in total. The summed E-state index contributed by atoms with van der Waals surface area (Å²) in [5.74, 6) is 0. The molecule has 1 aliphatic rings. The second kappa shape index (κ2) is 8.08. The second-order valence-corrected chi connectivity index (χ2v) is 9.23. The van der Waals surface area contributed by atoms with Crippen molar-refractivity contribution in [3.63, 3.8) is 0 Å². The van der Waals surface area contributed by atoms with Crippen molar-refractivity contribution < 1.29 is 31.2 Å². The number of fused-ring (bicyclic) bond motifs is 2. The molecule has 0 bridgehead atoms. The summed E-state index contributed by atoms with van der Waals surface area (Å²) in [5, 5.41) is -1.78. The third-order valence-corrected chi connectivity index (χ3v) is 6.42. The van der Waals surface area contributed by atoms with Gasteiger partial charge in [-0.2, -0.15) is 0 Å². The van der Waals surface area contributed by atoms with Gasteiger partial charge in [0.1, 0.15) is 0 Å². The van der Waals surface area contributed by atoms with Crippen molar-refractivity contribution in [1.29, 1.82) is 0 Å². The molecule has 172 valence electrons. The van der Waals surface area contributed by atoms with E-state index in [1.165, 1.54) is 6.07 Å². The van der Waals surface area contributed by atoms with Crippen molar-refractivity contribution >= 4 is 34.1 Å². The van der Waals surface area contributed by atoms with Crippen molar-refractivity contribution in [1.82, 2.24) is 0 Å². The summed E-state index contributed by atoms with van der Waals surface area (Å²) in [7, 11) is -1.16. The predicted molar refractivity (Wildman–Crippen MR) is 148 cm³/mol. The van der Waals surface area contributed by atoms with Gasteiger partial charge in [-0.3, -0.25) is 0 Å². The van der Waals surface area contributed by atoms with Crippen molar-refractivity contribution in [2.75, 3.05) is 0 Å². The van der Waals surface area contributed by atoms with Gasteiger partial charge in [-0.15, -0.1) is 0 Å². The lowest BCUT2D eigenvalue weighted by atomic mass is 9.78. The van der Waals surface area contributed by atoms with Crippen molar-refractivity contribution in [3.05, 3.63) is 103 Å². The van der Waals surface area contributed by atoms with Crippen LogP contribution in [0.4, 0.5) is 0 Å². The Morgan fingerprint density at radius 2 is 1.23 bits per heavy atom. The minimum atomic E-state index is -1.16. The summed E-state index contributed by atoms with van der Waals surface area (Å²) in [6.45, 7) is 7.14. The third kappa shape index (κ3) is 3.85. The topological polar surface area (TPSA) is 18.5 Å². The van der Waals surface area contributed by atoms with Gasteiger partial charge >= 0.3 is 7.12 Å². The molecule has 0 unspecified atom stereocenters. The molecule has 0 radical (unpaired) electrons. The summed E-state index contributed by atoms with van der Waals surface area (Å²) in [4.78, 5) is 0.